The number of benzene rings is 1. The van der Waals surface area contributed by atoms with E-state index in [4.69, 9.17) is 27.9 Å². The van der Waals surface area contributed by atoms with Gasteiger partial charge in [0.2, 0.25) is 0 Å². The molecule has 0 saturated heterocycles. The van der Waals surface area contributed by atoms with Crippen LogP contribution in [0, 0.1) is 5.92 Å². The third-order valence-electron chi connectivity index (χ3n) is 2.27. The second kappa shape index (κ2) is 7.85. The van der Waals surface area contributed by atoms with Gasteiger partial charge in [0.15, 0.2) is 0 Å². The first-order valence-corrected chi connectivity index (χ1v) is 6.71. The van der Waals surface area contributed by atoms with E-state index in [1.165, 1.54) is 0 Å². The van der Waals surface area contributed by atoms with Crippen LogP contribution < -0.4 is 10.1 Å². The zero-order valence-electron chi connectivity index (χ0n) is 10.6. The first-order chi connectivity index (χ1) is 8.49. The Bertz CT molecular complexity index is 372. The van der Waals surface area contributed by atoms with Crippen LogP contribution in [0.3, 0.4) is 0 Å². The van der Waals surface area contributed by atoms with Crippen LogP contribution in [0.2, 0.25) is 10.0 Å². The standard InChI is InChI=1S/C13H19Cl2NO2/c1-9(2)6-16-7-10(17)8-18-11-3-4-12(14)13(15)5-11/h3-5,9-10,16-17H,6-8H2,1-2H3. The lowest BCUT2D eigenvalue weighted by Crippen LogP contribution is -2.33. The van der Waals surface area contributed by atoms with Crippen molar-refractivity contribution in [2.75, 3.05) is 19.7 Å². The van der Waals surface area contributed by atoms with Gasteiger partial charge >= 0.3 is 0 Å². The molecule has 2 N–H and O–H groups in total. The van der Waals surface area contributed by atoms with Crippen LogP contribution in [0.1, 0.15) is 13.8 Å². The van der Waals surface area contributed by atoms with Gasteiger partial charge in [-0.25, -0.2) is 0 Å². The molecule has 0 saturated carbocycles. The fraction of sp³-hybridized carbons (Fsp3) is 0.538. The smallest absolute Gasteiger partial charge is 0.121 e. The second-order valence-corrected chi connectivity index (χ2v) is 5.41. The first kappa shape index (κ1) is 15.6. The summed E-state index contributed by atoms with van der Waals surface area (Å²) in [6.45, 7) is 5.85. The first-order valence-electron chi connectivity index (χ1n) is 5.95. The molecular weight excluding hydrogens is 273 g/mol. The van der Waals surface area contributed by atoms with E-state index in [0.29, 0.717) is 28.3 Å². The van der Waals surface area contributed by atoms with Crippen molar-refractivity contribution >= 4 is 23.2 Å². The van der Waals surface area contributed by atoms with Crippen molar-refractivity contribution in [3.8, 4) is 5.75 Å². The van der Waals surface area contributed by atoms with Gasteiger partial charge in [-0.1, -0.05) is 37.0 Å². The molecule has 0 bridgehead atoms. The normalized spacial score (nSPS) is 12.8. The number of rotatable bonds is 7. The highest BCUT2D eigenvalue weighted by molar-refractivity contribution is 6.42. The summed E-state index contributed by atoms with van der Waals surface area (Å²) in [5.74, 6) is 1.17. The molecule has 18 heavy (non-hydrogen) atoms. The van der Waals surface area contributed by atoms with Gasteiger partial charge in [-0.05, 0) is 24.6 Å². The average molecular weight is 292 g/mol. The second-order valence-electron chi connectivity index (χ2n) is 4.59. The van der Waals surface area contributed by atoms with E-state index < -0.39 is 6.10 Å². The largest absolute Gasteiger partial charge is 0.491 e. The zero-order chi connectivity index (χ0) is 13.5. The number of aliphatic hydroxyl groups is 1. The lowest BCUT2D eigenvalue weighted by molar-refractivity contribution is 0.106. The minimum Gasteiger partial charge on any atom is -0.491 e. The van der Waals surface area contributed by atoms with E-state index in [1.54, 1.807) is 18.2 Å². The quantitative estimate of drug-likeness (QED) is 0.812. The number of aliphatic hydroxyl groups excluding tert-OH is 1. The minimum atomic E-state index is -0.543. The number of ether oxygens (including phenoxy) is 1. The Balaban J connectivity index is 2.29. The van der Waals surface area contributed by atoms with E-state index in [1.807, 2.05) is 0 Å². The van der Waals surface area contributed by atoms with Gasteiger partial charge in [0, 0.05) is 12.6 Å². The van der Waals surface area contributed by atoms with Crippen LogP contribution in [0.15, 0.2) is 18.2 Å². The maximum atomic E-state index is 9.70. The Morgan fingerprint density at radius 1 is 1.22 bits per heavy atom. The lowest BCUT2D eigenvalue weighted by Gasteiger charge is -2.14. The van der Waals surface area contributed by atoms with Crippen molar-refractivity contribution in [3.63, 3.8) is 0 Å². The molecule has 5 heteroatoms. The molecule has 0 amide bonds. The Labute approximate surface area is 118 Å². The van der Waals surface area contributed by atoms with E-state index in [9.17, 15) is 5.11 Å². The molecule has 0 aromatic heterocycles. The predicted octanol–water partition coefficient (Wildman–Crippen LogP) is 2.98. The molecule has 0 aliphatic heterocycles. The molecule has 1 aromatic carbocycles. The third kappa shape index (κ3) is 5.91. The molecular formula is C13H19Cl2NO2. The highest BCUT2D eigenvalue weighted by Gasteiger charge is 2.06. The van der Waals surface area contributed by atoms with Crippen LogP contribution in [0.4, 0.5) is 0 Å². The molecule has 0 aliphatic rings. The Hall–Kier alpha value is -0.480. The van der Waals surface area contributed by atoms with Gasteiger partial charge < -0.3 is 15.2 Å². The number of hydrogen-bond donors (Lipinski definition) is 2. The summed E-state index contributed by atoms with van der Waals surface area (Å²) in [4.78, 5) is 0. The SMILES string of the molecule is CC(C)CNCC(O)COc1ccc(Cl)c(Cl)c1. The minimum absolute atomic E-state index is 0.225. The molecule has 1 unspecified atom stereocenters. The van der Waals surface area contributed by atoms with Gasteiger partial charge in [-0.3, -0.25) is 0 Å². The van der Waals surface area contributed by atoms with Crippen molar-refractivity contribution in [3.05, 3.63) is 28.2 Å². The number of nitrogens with one attached hydrogen (secondary N) is 1. The molecule has 3 nitrogen and oxygen atoms in total. The Morgan fingerprint density at radius 3 is 2.56 bits per heavy atom. The monoisotopic (exact) mass is 291 g/mol. The average Bonchev–Trinajstić information content (AvgIpc) is 2.30. The summed E-state index contributed by atoms with van der Waals surface area (Å²) in [6, 6.07) is 5.03. The Kier molecular flexibility index (Phi) is 6.79. The highest BCUT2D eigenvalue weighted by Crippen LogP contribution is 2.26. The summed E-state index contributed by atoms with van der Waals surface area (Å²) in [6.07, 6.45) is -0.543. The van der Waals surface area contributed by atoms with Crippen LogP contribution in [0.25, 0.3) is 0 Å². The summed E-state index contributed by atoms with van der Waals surface area (Å²) in [7, 11) is 0. The molecule has 0 spiro atoms. The molecule has 1 aromatic rings. The van der Waals surface area contributed by atoms with Gasteiger partial charge in [-0.15, -0.1) is 0 Å². The third-order valence-corrected chi connectivity index (χ3v) is 3.01. The van der Waals surface area contributed by atoms with Crippen LogP contribution in [-0.4, -0.2) is 30.9 Å². The maximum Gasteiger partial charge on any atom is 0.121 e. The molecule has 0 aliphatic carbocycles. The Morgan fingerprint density at radius 2 is 1.94 bits per heavy atom. The number of halogens is 2. The summed E-state index contributed by atoms with van der Waals surface area (Å²) in [5, 5.41) is 13.8. The highest BCUT2D eigenvalue weighted by atomic mass is 35.5. The summed E-state index contributed by atoms with van der Waals surface area (Å²) in [5.41, 5.74) is 0. The van der Waals surface area contributed by atoms with Gasteiger partial charge in [0.25, 0.3) is 0 Å². The zero-order valence-corrected chi connectivity index (χ0v) is 12.1. The van der Waals surface area contributed by atoms with E-state index in [2.05, 4.69) is 19.2 Å². The molecule has 1 rings (SSSR count). The number of hydrogen-bond acceptors (Lipinski definition) is 3. The fourth-order valence-electron chi connectivity index (χ4n) is 1.36. The van der Waals surface area contributed by atoms with Gasteiger partial charge in [0.05, 0.1) is 10.0 Å². The fourth-order valence-corrected chi connectivity index (χ4v) is 1.64. The van der Waals surface area contributed by atoms with Crippen molar-refractivity contribution in [1.29, 1.82) is 0 Å². The van der Waals surface area contributed by atoms with Gasteiger partial charge in [0.1, 0.15) is 18.5 Å². The maximum absolute atomic E-state index is 9.70. The van der Waals surface area contributed by atoms with Crippen molar-refractivity contribution < 1.29 is 9.84 Å². The van der Waals surface area contributed by atoms with Crippen LogP contribution in [-0.2, 0) is 0 Å². The molecule has 0 radical (unpaired) electrons. The van der Waals surface area contributed by atoms with Gasteiger partial charge in [-0.2, -0.15) is 0 Å². The van der Waals surface area contributed by atoms with Crippen molar-refractivity contribution in [2.45, 2.75) is 20.0 Å². The van der Waals surface area contributed by atoms with E-state index in [0.717, 1.165) is 6.54 Å². The summed E-state index contributed by atoms with van der Waals surface area (Å²) < 4.78 is 5.43. The molecule has 0 fully saturated rings. The molecule has 1 atom stereocenters. The molecule has 102 valence electrons. The topological polar surface area (TPSA) is 41.5 Å². The van der Waals surface area contributed by atoms with E-state index in [-0.39, 0.29) is 6.61 Å². The van der Waals surface area contributed by atoms with E-state index >= 15 is 0 Å². The predicted molar refractivity (Wildman–Crippen MR) is 75.7 cm³/mol. The van der Waals surface area contributed by atoms with Crippen molar-refractivity contribution in [1.82, 2.24) is 5.32 Å². The van der Waals surface area contributed by atoms with Crippen LogP contribution in [0.5, 0.6) is 5.75 Å². The summed E-state index contributed by atoms with van der Waals surface area (Å²) >= 11 is 11.7. The lowest BCUT2D eigenvalue weighted by atomic mass is 10.2. The van der Waals surface area contributed by atoms with Crippen molar-refractivity contribution in [2.24, 2.45) is 5.92 Å². The van der Waals surface area contributed by atoms with Crippen LogP contribution >= 0.6 is 23.2 Å². The molecule has 0 heterocycles.